The Morgan fingerprint density at radius 3 is 2.78 bits per heavy atom. The minimum atomic E-state index is -0.144. The van der Waals surface area contributed by atoms with Gasteiger partial charge in [0.2, 0.25) is 0 Å². The molecule has 6 heteroatoms. The highest BCUT2D eigenvalue weighted by Gasteiger charge is 2.21. The summed E-state index contributed by atoms with van der Waals surface area (Å²) < 4.78 is 4.09. The topological polar surface area (TPSA) is 71.2 Å². The van der Waals surface area contributed by atoms with Crippen molar-refractivity contribution >= 4 is 28.3 Å². The van der Waals surface area contributed by atoms with E-state index < -0.39 is 0 Å². The van der Waals surface area contributed by atoms with Gasteiger partial charge in [0, 0.05) is 19.6 Å². The molecule has 0 radical (unpaired) electrons. The van der Waals surface area contributed by atoms with Crippen LogP contribution >= 0.6 is 11.5 Å². The first-order chi connectivity index (χ1) is 8.47. The first kappa shape index (κ1) is 14.8. The van der Waals surface area contributed by atoms with E-state index in [1.54, 1.807) is 0 Å². The predicted octanol–water partition coefficient (Wildman–Crippen LogP) is 2.10. The highest BCUT2D eigenvalue weighted by Crippen LogP contribution is 2.29. The third-order valence-electron chi connectivity index (χ3n) is 2.54. The van der Waals surface area contributed by atoms with Crippen LogP contribution in [0.4, 0.5) is 10.8 Å². The van der Waals surface area contributed by atoms with Gasteiger partial charge in [-0.1, -0.05) is 13.3 Å². The molecule has 0 atom stereocenters. The quantitative estimate of drug-likeness (QED) is 0.830. The second-order valence-electron chi connectivity index (χ2n) is 4.65. The van der Waals surface area contributed by atoms with Gasteiger partial charge in [0.05, 0.1) is 0 Å². The van der Waals surface area contributed by atoms with Gasteiger partial charge in [0.15, 0.2) is 5.82 Å². The fourth-order valence-corrected chi connectivity index (χ4v) is 2.39. The molecule has 18 heavy (non-hydrogen) atoms. The molecule has 1 aromatic heterocycles. The number of hydrogen-bond donors (Lipinski definition) is 2. The van der Waals surface area contributed by atoms with E-state index in [-0.39, 0.29) is 11.9 Å². The van der Waals surface area contributed by atoms with Crippen LogP contribution in [0, 0.1) is 0 Å². The number of nitrogens with zero attached hydrogens (tertiary/aromatic N) is 2. The van der Waals surface area contributed by atoms with Crippen molar-refractivity contribution in [2.24, 2.45) is 0 Å². The van der Waals surface area contributed by atoms with Crippen LogP contribution in [0.1, 0.15) is 44.0 Å². The molecule has 0 bridgehead atoms. The van der Waals surface area contributed by atoms with Crippen molar-refractivity contribution < 1.29 is 4.79 Å². The summed E-state index contributed by atoms with van der Waals surface area (Å²) in [6.07, 6.45) is 2.20. The molecule has 5 nitrogen and oxygen atoms in total. The maximum atomic E-state index is 12.1. The summed E-state index contributed by atoms with van der Waals surface area (Å²) in [5.74, 6) is 0.172. The molecular formula is C12H22N4OS. The second-order valence-corrected chi connectivity index (χ2v) is 5.40. The van der Waals surface area contributed by atoms with Crippen LogP contribution in [0.3, 0.4) is 0 Å². The highest BCUT2D eigenvalue weighted by atomic mass is 32.1. The number of nitrogens with one attached hydrogen (secondary N) is 1. The number of rotatable bonds is 6. The standard InChI is InChI=1S/C12H22N4OS/c1-5-6-7-16(4)12-9(10(13)15-18-12)11(17)14-8(2)3/h8H,5-7H2,1-4H3,(H2,13,15)(H,14,17). The number of nitrogens with two attached hydrogens (primary N) is 1. The summed E-state index contributed by atoms with van der Waals surface area (Å²) in [5, 5.41) is 3.70. The van der Waals surface area contributed by atoms with Gasteiger partial charge in [-0.3, -0.25) is 4.79 Å². The third kappa shape index (κ3) is 3.60. The summed E-state index contributed by atoms with van der Waals surface area (Å²) in [6.45, 7) is 6.89. The first-order valence-corrected chi connectivity index (χ1v) is 7.01. The molecule has 0 spiro atoms. The number of anilines is 2. The van der Waals surface area contributed by atoms with Gasteiger partial charge in [0.25, 0.3) is 5.91 Å². The van der Waals surface area contributed by atoms with E-state index in [1.807, 2.05) is 25.8 Å². The normalized spacial score (nSPS) is 10.7. The highest BCUT2D eigenvalue weighted by molar-refractivity contribution is 7.11. The van der Waals surface area contributed by atoms with E-state index in [1.165, 1.54) is 11.5 Å². The van der Waals surface area contributed by atoms with Crippen LogP contribution in [-0.4, -0.2) is 29.9 Å². The van der Waals surface area contributed by atoms with Crippen molar-refractivity contribution in [1.29, 1.82) is 0 Å². The Kier molecular flexibility index (Phi) is 5.40. The predicted molar refractivity (Wildman–Crippen MR) is 77.3 cm³/mol. The Bertz CT molecular complexity index is 403. The minimum absolute atomic E-state index is 0.0885. The molecule has 1 rings (SSSR count). The van der Waals surface area contributed by atoms with Crippen molar-refractivity contribution in [3.63, 3.8) is 0 Å². The van der Waals surface area contributed by atoms with Gasteiger partial charge in [-0.2, -0.15) is 4.37 Å². The lowest BCUT2D eigenvalue weighted by Crippen LogP contribution is -2.32. The van der Waals surface area contributed by atoms with Crippen LogP contribution in [0.2, 0.25) is 0 Å². The minimum Gasteiger partial charge on any atom is -0.382 e. The molecule has 0 aliphatic carbocycles. The molecule has 0 aliphatic rings. The molecule has 1 heterocycles. The van der Waals surface area contributed by atoms with Crippen LogP contribution < -0.4 is 16.0 Å². The lowest BCUT2D eigenvalue weighted by Gasteiger charge is -2.18. The molecule has 0 saturated heterocycles. The van der Waals surface area contributed by atoms with Gasteiger partial charge in [-0.05, 0) is 31.8 Å². The van der Waals surface area contributed by atoms with E-state index in [9.17, 15) is 4.79 Å². The number of nitrogen functional groups attached to an aromatic ring is 1. The van der Waals surface area contributed by atoms with Gasteiger partial charge in [-0.25, -0.2) is 0 Å². The molecule has 0 aromatic carbocycles. The zero-order valence-corrected chi connectivity index (χ0v) is 12.3. The van der Waals surface area contributed by atoms with Crippen molar-refractivity contribution in [1.82, 2.24) is 9.69 Å². The number of aromatic nitrogens is 1. The van der Waals surface area contributed by atoms with Crippen LogP contribution in [0.15, 0.2) is 0 Å². The van der Waals surface area contributed by atoms with Gasteiger partial charge in [-0.15, -0.1) is 0 Å². The lowest BCUT2D eigenvalue weighted by atomic mass is 10.2. The van der Waals surface area contributed by atoms with Crippen molar-refractivity contribution in [2.75, 3.05) is 24.2 Å². The number of amides is 1. The molecule has 0 fully saturated rings. The Balaban J connectivity index is 2.90. The smallest absolute Gasteiger partial charge is 0.258 e. The number of hydrogen-bond acceptors (Lipinski definition) is 5. The average molecular weight is 270 g/mol. The second kappa shape index (κ2) is 6.58. The lowest BCUT2D eigenvalue weighted by molar-refractivity contribution is 0.0945. The first-order valence-electron chi connectivity index (χ1n) is 6.24. The summed E-state index contributed by atoms with van der Waals surface area (Å²) in [6, 6.07) is 0.0885. The fraction of sp³-hybridized carbons (Fsp3) is 0.667. The Morgan fingerprint density at radius 2 is 2.22 bits per heavy atom. The Labute approximate surface area is 113 Å². The molecular weight excluding hydrogens is 248 g/mol. The maximum Gasteiger partial charge on any atom is 0.258 e. The number of carbonyl (C=O) groups excluding carboxylic acids is 1. The summed E-state index contributed by atoms with van der Waals surface area (Å²) in [5.41, 5.74) is 6.30. The van der Waals surface area contributed by atoms with Crippen LogP contribution in [0.25, 0.3) is 0 Å². The zero-order valence-electron chi connectivity index (χ0n) is 11.5. The molecule has 0 aliphatic heterocycles. The van der Waals surface area contributed by atoms with Gasteiger partial charge >= 0.3 is 0 Å². The average Bonchev–Trinajstić information content (AvgIpc) is 2.67. The van der Waals surface area contributed by atoms with Gasteiger partial charge in [0.1, 0.15) is 10.6 Å². The number of carbonyl (C=O) groups is 1. The molecule has 0 saturated carbocycles. The molecule has 1 amide bonds. The van der Waals surface area contributed by atoms with Crippen molar-refractivity contribution in [3.8, 4) is 0 Å². The van der Waals surface area contributed by atoms with Crippen molar-refractivity contribution in [3.05, 3.63) is 5.56 Å². The fourth-order valence-electron chi connectivity index (χ4n) is 1.60. The van der Waals surface area contributed by atoms with Gasteiger partial charge < -0.3 is 16.0 Å². The Hall–Kier alpha value is -1.30. The van der Waals surface area contributed by atoms with E-state index in [4.69, 9.17) is 5.73 Å². The van der Waals surface area contributed by atoms with Crippen molar-refractivity contribution in [2.45, 2.75) is 39.7 Å². The largest absolute Gasteiger partial charge is 0.382 e. The maximum absolute atomic E-state index is 12.1. The van der Waals surface area contributed by atoms with E-state index in [2.05, 4.69) is 16.6 Å². The molecule has 1 aromatic rings. The third-order valence-corrected chi connectivity index (χ3v) is 3.52. The van der Waals surface area contributed by atoms with Crippen LogP contribution in [0.5, 0.6) is 0 Å². The SMILES string of the molecule is CCCCN(C)c1snc(N)c1C(=O)NC(C)C. The summed E-state index contributed by atoms with van der Waals surface area (Å²) in [7, 11) is 1.97. The van der Waals surface area contributed by atoms with E-state index in [0.717, 1.165) is 24.4 Å². The monoisotopic (exact) mass is 270 g/mol. The summed E-state index contributed by atoms with van der Waals surface area (Å²) >= 11 is 1.28. The Morgan fingerprint density at radius 1 is 1.56 bits per heavy atom. The molecule has 3 N–H and O–H groups in total. The van der Waals surface area contributed by atoms with E-state index >= 15 is 0 Å². The molecule has 0 unspecified atom stereocenters. The van der Waals surface area contributed by atoms with E-state index in [0.29, 0.717) is 11.4 Å². The zero-order chi connectivity index (χ0) is 13.7. The molecule has 102 valence electrons. The summed E-state index contributed by atoms with van der Waals surface area (Å²) in [4.78, 5) is 14.1. The number of unbranched alkanes of at least 4 members (excludes halogenated alkanes) is 1. The van der Waals surface area contributed by atoms with Crippen LogP contribution in [-0.2, 0) is 0 Å².